The molecule has 0 aromatic rings. The third-order valence-corrected chi connectivity index (χ3v) is 5.54. The van der Waals surface area contributed by atoms with Crippen molar-refractivity contribution in [1.82, 2.24) is 0 Å². The zero-order valence-electron chi connectivity index (χ0n) is 12.5. The van der Waals surface area contributed by atoms with E-state index in [1.165, 1.54) is 44.9 Å². The Kier molecular flexibility index (Phi) is 4.50. The maximum Gasteiger partial charge on any atom is 0.139 e. The van der Waals surface area contributed by atoms with Gasteiger partial charge in [-0.2, -0.15) is 0 Å². The first-order valence-electron chi connectivity index (χ1n) is 8.07. The summed E-state index contributed by atoms with van der Waals surface area (Å²) in [5.74, 6) is 2.14. The van der Waals surface area contributed by atoms with E-state index in [2.05, 4.69) is 20.8 Å². The van der Waals surface area contributed by atoms with E-state index in [1.807, 2.05) is 0 Å². The summed E-state index contributed by atoms with van der Waals surface area (Å²) in [6.07, 6.45) is 11.1. The fourth-order valence-electron chi connectivity index (χ4n) is 4.06. The van der Waals surface area contributed by atoms with Crippen LogP contribution in [0.3, 0.4) is 0 Å². The second kappa shape index (κ2) is 5.75. The highest BCUT2D eigenvalue weighted by molar-refractivity contribution is 5.83. The fourth-order valence-corrected chi connectivity index (χ4v) is 4.06. The van der Waals surface area contributed by atoms with Crippen LogP contribution >= 0.6 is 0 Å². The molecular formula is C17H30O. The average Bonchev–Trinajstić information content (AvgIpc) is 2.38. The van der Waals surface area contributed by atoms with Gasteiger partial charge < -0.3 is 0 Å². The van der Waals surface area contributed by atoms with Crippen LogP contribution in [0.4, 0.5) is 0 Å². The lowest BCUT2D eigenvalue weighted by Gasteiger charge is -2.37. The van der Waals surface area contributed by atoms with Crippen LogP contribution in [-0.2, 0) is 4.79 Å². The molecule has 2 fully saturated rings. The molecule has 0 spiro atoms. The lowest BCUT2D eigenvalue weighted by Crippen LogP contribution is -2.35. The molecule has 0 heterocycles. The molecule has 1 nitrogen and oxygen atoms in total. The molecule has 0 amide bonds. The van der Waals surface area contributed by atoms with Gasteiger partial charge in [0.2, 0.25) is 0 Å². The van der Waals surface area contributed by atoms with Crippen molar-refractivity contribution >= 4 is 5.78 Å². The first-order valence-corrected chi connectivity index (χ1v) is 8.07. The number of Topliss-reactive ketones (excluding diaryl/α,β-unsaturated/α-hetero) is 1. The third-order valence-electron chi connectivity index (χ3n) is 5.54. The topological polar surface area (TPSA) is 17.1 Å². The van der Waals surface area contributed by atoms with Crippen LogP contribution in [0.25, 0.3) is 0 Å². The molecule has 2 atom stereocenters. The van der Waals surface area contributed by atoms with Gasteiger partial charge in [0.15, 0.2) is 0 Å². The van der Waals surface area contributed by atoms with Crippen molar-refractivity contribution < 1.29 is 4.79 Å². The van der Waals surface area contributed by atoms with Crippen LogP contribution in [0.1, 0.15) is 78.6 Å². The largest absolute Gasteiger partial charge is 0.299 e. The highest BCUT2D eigenvalue weighted by Crippen LogP contribution is 2.42. The summed E-state index contributed by atoms with van der Waals surface area (Å²) in [5, 5.41) is 0. The van der Waals surface area contributed by atoms with Gasteiger partial charge in [-0.3, -0.25) is 4.79 Å². The normalized spacial score (nSPS) is 33.3. The Morgan fingerprint density at radius 1 is 1.06 bits per heavy atom. The van der Waals surface area contributed by atoms with Crippen molar-refractivity contribution in [3.63, 3.8) is 0 Å². The van der Waals surface area contributed by atoms with E-state index in [4.69, 9.17) is 0 Å². The van der Waals surface area contributed by atoms with Gasteiger partial charge >= 0.3 is 0 Å². The number of hydrogen-bond acceptors (Lipinski definition) is 1. The molecule has 104 valence electrons. The molecule has 2 saturated carbocycles. The summed E-state index contributed by atoms with van der Waals surface area (Å²) < 4.78 is 0. The van der Waals surface area contributed by atoms with Gasteiger partial charge in [0.05, 0.1) is 0 Å². The summed E-state index contributed by atoms with van der Waals surface area (Å²) in [6, 6.07) is 0. The van der Waals surface area contributed by atoms with Crippen molar-refractivity contribution in [3.8, 4) is 0 Å². The minimum Gasteiger partial charge on any atom is -0.299 e. The SMILES string of the molecule is CCC1CCCCC1C(=O)C1CCC(C)(C)CC1. The maximum absolute atomic E-state index is 12.7. The van der Waals surface area contributed by atoms with Gasteiger partial charge in [-0.25, -0.2) is 0 Å². The van der Waals surface area contributed by atoms with E-state index >= 15 is 0 Å². The molecule has 2 rings (SSSR count). The number of rotatable bonds is 3. The number of carbonyl (C=O) groups excluding carboxylic acids is 1. The number of ketones is 1. The lowest BCUT2D eigenvalue weighted by atomic mass is 9.67. The van der Waals surface area contributed by atoms with Crippen LogP contribution in [0.5, 0.6) is 0 Å². The number of hydrogen-bond donors (Lipinski definition) is 0. The smallest absolute Gasteiger partial charge is 0.139 e. The molecule has 1 heteroatoms. The van der Waals surface area contributed by atoms with Crippen molar-refractivity contribution in [2.24, 2.45) is 23.2 Å². The van der Waals surface area contributed by atoms with E-state index in [-0.39, 0.29) is 0 Å². The Morgan fingerprint density at radius 3 is 2.28 bits per heavy atom. The minimum atomic E-state index is 0.398. The molecule has 0 bridgehead atoms. The van der Waals surface area contributed by atoms with Crippen molar-refractivity contribution in [2.45, 2.75) is 78.6 Å². The molecule has 0 saturated heterocycles. The van der Waals surface area contributed by atoms with Crippen LogP contribution in [0.2, 0.25) is 0 Å². The molecule has 0 aliphatic heterocycles. The molecule has 2 unspecified atom stereocenters. The average molecular weight is 250 g/mol. The van der Waals surface area contributed by atoms with Crippen LogP contribution < -0.4 is 0 Å². The van der Waals surface area contributed by atoms with E-state index in [0.29, 0.717) is 29.0 Å². The summed E-state index contributed by atoms with van der Waals surface area (Å²) in [5.41, 5.74) is 0.480. The van der Waals surface area contributed by atoms with E-state index < -0.39 is 0 Å². The highest BCUT2D eigenvalue weighted by atomic mass is 16.1. The summed E-state index contributed by atoms with van der Waals surface area (Å²) in [4.78, 5) is 12.7. The second-order valence-corrected chi connectivity index (χ2v) is 7.40. The zero-order chi connectivity index (χ0) is 13.2. The lowest BCUT2D eigenvalue weighted by molar-refractivity contribution is -0.131. The van der Waals surface area contributed by atoms with E-state index in [9.17, 15) is 4.79 Å². The predicted octanol–water partition coefficient (Wildman–Crippen LogP) is 4.99. The standard InChI is InChI=1S/C17H30O/c1-4-13-7-5-6-8-15(13)16(18)14-9-11-17(2,3)12-10-14/h13-15H,4-12H2,1-3H3. The van der Waals surface area contributed by atoms with Gasteiger partial charge in [-0.05, 0) is 49.9 Å². The third kappa shape index (κ3) is 3.16. The van der Waals surface area contributed by atoms with Gasteiger partial charge in [0, 0.05) is 11.8 Å². The molecule has 0 aromatic heterocycles. The van der Waals surface area contributed by atoms with Crippen molar-refractivity contribution in [2.75, 3.05) is 0 Å². The zero-order valence-corrected chi connectivity index (χ0v) is 12.5. The number of carbonyl (C=O) groups is 1. The van der Waals surface area contributed by atoms with Crippen molar-refractivity contribution in [3.05, 3.63) is 0 Å². The first-order chi connectivity index (χ1) is 8.53. The minimum absolute atomic E-state index is 0.398. The second-order valence-electron chi connectivity index (χ2n) is 7.40. The van der Waals surface area contributed by atoms with E-state index in [1.54, 1.807) is 0 Å². The molecular weight excluding hydrogens is 220 g/mol. The van der Waals surface area contributed by atoms with Crippen LogP contribution in [0.15, 0.2) is 0 Å². The highest BCUT2D eigenvalue weighted by Gasteiger charge is 2.37. The van der Waals surface area contributed by atoms with Crippen molar-refractivity contribution in [1.29, 1.82) is 0 Å². The first kappa shape index (κ1) is 14.1. The quantitative estimate of drug-likeness (QED) is 0.689. The predicted molar refractivity (Wildman–Crippen MR) is 76.5 cm³/mol. The van der Waals surface area contributed by atoms with Gasteiger partial charge in [0.25, 0.3) is 0 Å². The Balaban J connectivity index is 1.94. The Morgan fingerprint density at radius 2 is 1.67 bits per heavy atom. The molecule has 2 aliphatic carbocycles. The fraction of sp³-hybridized carbons (Fsp3) is 0.941. The molecule has 18 heavy (non-hydrogen) atoms. The Hall–Kier alpha value is -0.330. The van der Waals surface area contributed by atoms with Gasteiger partial charge in [-0.15, -0.1) is 0 Å². The van der Waals surface area contributed by atoms with Gasteiger partial charge in [-0.1, -0.05) is 40.0 Å². The Bertz CT molecular complexity index is 282. The Labute approximate surface area is 113 Å². The summed E-state index contributed by atoms with van der Waals surface area (Å²) >= 11 is 0. The summed E-state index contributed by atoms with van der Waals surface area (Å²) in [7, 11) is 0. The molecule has 0 radical (unpaired) electrons. The summed E-state index contributed by atoms with van der Waals surface area (Å²) in [6.45, 7) is 6.96. The molecule has 2 aliphatic rings. The molecule has 0 N–H and O–H groups in total. The van der Waals surface area contributed by atoms with E-state index in [0.717, 1.165) is 12.8 Å². The monoisotopic (exact) mass is 250 g/mol. The van der Waals surface area contributed by atoms with Crippen LogP contribution in [0, 0.1) is 23.2 Å². The van der Waals surface area contributed by atoms with Gasteiger partial charge in [0.1, 0.15) is 5.78 Å². The maximum atomic E-state index is 12.7. The van der Waals surface area contributed by atoms with Crippen LogP contribution in [-0.4, -0.2) is 5.78 Å². The molecule has 0 aromatic carbocycles.